The lowest BCUT2D eigenvalue weighted by molar-refractivity contribution is -0.132. The molecular weight excluding hydrogens is 266 g/mol. The summed E-state index contributed by atoms with van der Waals surface area (Å²) in [5, 5.41) is 3.59. The highest BCUT2D eigenvalue weighted by atomic mass is 16.2. The van der Waals surface area contributed by atoms with Crippen molar-refractivity contribution in [1.29, 1.82) is 0 Å². The van der Waals surface area contributed by atoms with Crippen LogP contribution in [-0.2, 0) is 9.59 Å². The lowest BCUT2D eigenvalue weighted by Gasteiger charge is -2.24. The Kier molecular flexibility index (Phi) is 6.03. The van der Waals surface area contributed by atoms with Gasteiger partial charge in [-0.05, 0) is 39.5 Å². The van der Waals surface area contributed by atoms with Gasteiger partial charge in [0.1, 0.15) is 0 Å². The third-order valence-corrected chi connectivity index (χ3v) is 4.77. The highest BCUT2D eigenvalue weighted by Gasteiger charge is 2.30. The summed E-state index contributed by atoms with van der Waals surface area (Å²) in [5.41, 5.74) is 0. The van der Waals surface area contributed by atoms with Crippen LogP contribution in [0.5, 0.6) is 0 Å². The second-order valence-corrected chi connectivity index (χ2v) is 6.19. The maximum Gasteiger partial charge on any atom is 0.222 e. The van der Waals surface area contributed by atoms with Crippen molar-refractivity contribution < 1.29 is 9.59 Å². The summed E-state index contributed by atoms with van der Waals surface area (Å²) >= 11 is 0. The molecule has 0 aromatic carbocycles. The standard InChI is InChI=1S/C16H29N3O2/c1-3-18(4-2)15(20)6-5-7-16(21)19-11-10-13-8-9-14(12-19)17-13/h13-14,17H,3-12H2,1-2H3. The van der Waals surface area contributed by atoms with Gasteiger partial charge in [-0.2, -0.15) is 0 Å². The fourth-order valence-electron chi connectivity index (χ4n) is 3.45. The Labute approximate surface area is 128 Å². The normalized spacial score (nSPS) is 24.8. The van der Waals surface area contributed by atoms with Crippen LogP contribution in [0.15, 0.2) is 0 Å². The molecule has 2 heterocycles. The van der Waals surface area contributed by atoms with Crippen molar-refractivity contribution in [2.75, 3.05) is 26.2 Å². The van der Waals surface area contributed by atoms with Gasteiger partial charge in [-0.25, -0.2) is 0 Å². The minimum atomic E-state index is 0.171. The first kappa shape index (κ1) is 16.3. The number of fused-ring (bicyclic) bond motifs is 2. The molecular formula is C16H29N3O2. The summed E-state index contributed by atoms with van der Waals surface area (Å²) in [5.74, 6) is 0.390. The van der Waals surface area contributed by atoms with Gasteiger partial charge in [0.05, 0.1) is 0 Å². The first-order chi connectivity index (χ1) is 10.1. The number of amides is 2. The van der Waals surface area contributed by atoms with Gasteiger partial charge in [0, 0.05) is 51.1 Å². The molecule has 2 unspecified atom stereocenters. The summed E-state index contributed by atoms with van der Waals surface area (Å²) in [4.78, 5) is 28.0. The zero-order valence-corrected chi connectivity index (χ0v) is 13.4. The summed E-state index contributed by atoms with van der Waals surface area (Å²) < 4.78 is 0. The Morgan fingerprint density at radius 3 is 2.52 bits per heavy atom. The average Bonchev–Trinajstić information content (AvgIpc) is 2.79. The van der Waals surface area contributed by atoms with Crippen LogP contribution in [0.4, 0.5) is 0 Å². The Hall–Kier alpha value is -1.10. The predicted octanol–water partition coefficient (Wildman–Crippen LogP) is 1.38. The third-order valence-electron chi connectivity index (χ3n) is 4.77. The average molecular weight is 295 g/mol. The molecule has 120 valence electrons. The van der Waals surface area contributed by atoms with E-state index >= 15 is 0 Å². The molecule has 0 aromatic heterocycles. The van der Waals surface area contributed by atoms with E-state index in [4.69, 9.17) is 0 Å². The number of nitrogens with one attached hydrogen (secondary N) is 1. The van der Waals surface area contributed by atoms with Crippen LogP contribution in [0.1, 0.15) is 52.4 Å². The van der Waals surface area contributed by atoms with E-state index in [-0.39, 0.29) is 11.8 Å². The summed E-state index contributed by atoms with van der Waals surface area (Å²) in [6.07, 6.45) is 5.18. The quantitative estimate of drug-likeness (QED) is 0.805. The van der Waals surface area contributed by atoms with Gasteiger partial charge in [0.2, 0.25) is 11.8 Å². The Morgan fingerprint density at radius 2 is 1.81 bits per heavy atom. The second kappa shape index (κ2) is 7.78. The number of rotatable bonds is 6. The van der Waals surface area contributed by atoms with Crippen molar-refractivity contribution in [3.05, 3.63) is 0 Å². The van der Waals surface area contributed by atoms with Crippen LogP contribution in [0.2, 0.25) is 0 Å². The van der Waals surface area contributed by atoms with Gasteiger partial charge < -0.3 is 15.1 Å². The molecule has 1 N–H and O–H groups in total. The zero-order chi connectivity index (χ0) is 15.2. The van der Waals surface area contributed by atoms with Crippen LogP contribution in [0.25, 0.3) is 0 Å². The molecule has 0 aromatic rings. The van der Waals surface area contributed by atoms with E-state index in [0.29, 0.717) is 31.3 Å². The van der Waals surface area contributed by atoms with E-state index in [0.717, 1.165) is 32.6 Å². The monoisotopic (exact) mass is 295 g/mol. The van der Waals surface area contributed by atoms with Gasteiger partial charge >= 0.3 is 0 Å². The molecule has 2 aliphatic rings. The Balaban J connectivity index is 1.71. The molecule has 5 nitrogen and oxygen atoms in total. The number of carbonyl (C=O) groups excluding carboxylic acids is 2. The summed E-state index contributed by atoms with van der Waals surface area (Å²) in [6, 6.07) is 1.09. The molecule has 2 aliphatic heterocycles. The van der Waals surface area contributed by atoms with Crippen molar-refractivity contribution >= 4 is 11.8 Å². The van der Waals surface area contributed by atoms with E-state index in [1.54, 1.807) is 0 Å². The molecule has 2 bridgehead atoms. The fourth-order valence-corrected chi connectivity index (χ4v) is 3.45. The van der Waals surface area contributed by atoms with E-state index < -0.39 is 0 Å². The number of hydrogen-bond donors (Lipinski definition) is 1. The van der Waals surface area contributed by atoms with Gasteiger partial charge in [-0.1, -0.05) is 0 Å². The van der Waals surface area contributed by atoms with Crippen LogP contribution in [0, 0.1) is 0 Å². The third kappa shape index (κ3) is 4.43. The Morgan fingerprint density at radius 1 is 1.10 bits per heavy atom. The number of likely N-dealkylation sites (tertiary alicyclic amines) is 1. The smallest absolute Gasteiger partial charge is 0.222 e. The molecule has 0 spiro atoms. The van der Waals surface area contributed by atoms with Crippen LogP contribution in [-0.4, -0.2) is 59.9 Å². The largest absolute Gasteiger partial charge is 0.343 e. The Bertz CT molecular complexity index is 369. The van der Waals surface area contributed by atoms with Gasteiger partial charge in [-0.15, -0.1) is 0 Å². The maximum atomic E-state index is 12.3. The van der Waals surface area contributed by atoms with Gasteiger partial charge in [0.25, 0.3) is 0 Å². The second-order valence-electron chi connectivity index (χ2n) is 6.19. The molecule has 0 radical (unpaired) electrons. The summed E-state index contributed by atoms with van der Waals surface area (Å²) in [7, 11) is 0. The van der Waals surface area contributed by atoms with Crippen molar-refractivity contribution in [2.45, 2.75) is 64.5 Å². The topological polar surface area (TPSA) is 52.7 Å². The molecule has 21 heavy (non-hydrogen) atoms. The molecule has 2 fully saturated rings. The van der Waals surface area contributed by atoms with Gasteiger partial charge in [-0.3, -0.25) is 9.59 Å². The van der Waals surface area contributed by atoms with E-state index in [2.05, 4.69) is 5.32 Å². The van der Waals surface area contributed by atoms with Crippen molar-refractivity contribution in [2.24, 2.45) is 0 Å². The predicted molar refractivity (Wildman–Crippen MR) is 82.9 cm³/mol. The maximum absolute atomic E-state index is 12.3. The molecule has 2 atom stereocenters. The lowest BCUT2D eigenvalue weighted by atomic mass is 10.1. The zero-order valence-electron chi connectivity index (χ0n) is 13.4. The molecule has 5 heteroatoms. The van der Waals surface area contributed by atoms with Crippen LogP contribution < -0.4 is 5.32 Å². The van der Waals surface area contributed by atoms with Crippen LogP contribution >= 0.6 is 0 Å². The fraction of sp³-hybridized carbons (Fsp3) is 0.875. The number of carbonyl (C=O) groups is 2. The molecule has 2 saturated heterocycles. The lowest BCUT2D eigenvalue weighted by Crippen LogP contribution is -2.39. The van der Waals surface area contributed by atoms with Crippen LogP contribution in [0.3, 0.4) is 0 Å². The van der Waals surface area contributed by atoms with Gasteiger partial charge in [0.15, 0.2) is 0 Å². The van der Waals surface area contributed by atoms with Crippen molar-refractivity contribution in [3.8, 4) is 0 Å². The van der Waals surface area contributed by atoms with Crippen molar-refractivity contribution in [3.63, 3.8) is 0 Å². The first-order valence-electron chi connectivity index (χ1n) is 8.45. The minimum absolute atomic E-state index is 0.171. The van der Waals surface area contributed by atoms with Crippen molar-refractivity contribution in [1.82, 2.24) is 15.1 Å². The molecule has 2 amide bonds. The first-order valence-corrected chi connectivity index (χ1v) is 8.45. The number of nitrogens with zero attached hydrogens (tertiary/aromatic N) is 2. The summed E-state index contributed by atoms with van der Waals surface area (Å²) in [6.45, 7) is 7.21. The molecule has 2 rings (SSSR count). The van der Waals surface area contributed by atoms with E-state index in [1.165, 1.54) is 12.8 Å². The molecule has 0 saturated carbocycles. The SMILES string of the molecule is CCN(CC)C(=O)CCCC(=O)N1CCC2CCC(C1)N2. The number of hydrogen-bond acceptors (Lipinski definition) is 3. The van der Waals surface area contributed by atoms with E-state index in [9.17, 15) is 9.59 Å². The van der Waals surface area contributed by atoms with E-state index in [1.807, 2.05) is 23.6 Å². The highest BCUT2D eigenvalue weighted by molar-refractivity contribution is 5.79. The molecule has 0 aliphatic carbocycles. The highest BCUT2D eigenvalue weighted by Crippen LogP contribution is 2.21. The minimum Gasteiger partial charge on any atom is -0.343 e.